The van der Waals surface area contributed by atoms with Crippen molar-refractivity contribution >= 4 is 27.9 Å². The molecule has 122 valence electrons. The van der Waals surface area contributed by atoms with Crippen molar-refractivity contribution in [2.75, 3.05) is 6.54 Å². The summed E-state index contributed by atoms with van der Waals surface area (Å²) >= 11 is 3.33. The maximum absolute atomic E-state index is 11.8. The number of aliphatic carboxylic acids is 1. The molecule has 2 rings (SSSR count). The number of amides is 2. The van der Waals surface area contributed by atoms with E-state index in [1.165, 1.54) is 0 Å². The summed E-state index contributed by atoms with van der Waals surface area (Å²) in [7, 11) is 0. The van der Waals surface area contributed by atoms with Crippen molar-refractivity contribution in [3.63, 3.8) is 0 Å². The summed E-state index contributed by atoms with van der Waals surface area (Å²) in [6.45, 7) is 1.32. The summed E-state index contributed by atoms with van der Waals surface area (Å²) in [5, 5.41) is 18.8. The van der Waals surface area contributed by atoms with E-state index in [4.69, 9.17) is 5.11 Å². The number of carboxylic acids is 1. The molecule has 0 spiro atoms. The van der Waals surface area contributed by atoms with E-state index in [1.54, 1.807) is 6.20 Å². The van der Waals surface area contributed by atoms with Crippen molar-refractivity contribution in [1.82, 2.24) is 20.4 Å². The first-order valence-corrected chi connectivity index (χ1v) is 8.29. The van der Waals surface area contributed by atoms with Gasteiger partial charge in [0.15, 0.2) is 0 Å². The molecule has 1 aromatic heterocycles. The van der Waals surface area contributed by atoms with Gasteiger partial charge < -0.3 is 15.7 Å². The fourth-order valence-electron chi connectivity index (χ4n) is 2.62. The molecule has 22 heavy (non-hydrogen) atoms. The largest absolute Gasteiger partial charge is 0.481 e. The Bertz CT molecular complexity index is 512. The zero-order valence-corrected chi connectivity index (χ0v) is 13.9. The van der Waals surface area contributed by atoms with Gasteiger partial charge in [-0.15, -0.1) is 0 Å². The number of nitrogens with one attached hydrogen (secondary N) is 2. The van der Waals surface area contributed by atoms with Crippen LogP contribution in [0.3, 0.4) is 0 Å². The highest BCUT2D eigenvalue weighted by Crippen LogP contribution is 2.24. The number of aromatic nitrogens is 2. The van der Waals surface area contributed by atoms with Crippen LogP contribution in [0, 0.1) is 5.92 Å². The standard InChI is InChI=1S/C14H21BrN4O3/c15-11-8-17-19(9-11)7-1-6-16-14(22)18-12-4-2-10(3-5-12)13(20)21/h8-10,12H,1-7H2,(H,20,21)(H2,16,18,22). The van der Waals surface area contributed by atoms with Crippen LogP contribution in [0.2, 0.25) is 0 Å². The molecule has 0 bridgehead atoms. The fourth-order valence-corrected chi connectivity index (χ4v) is 2.95. The molecule has 0 aromatic carbocycles. The van der Waals surface area contributed by atoms with Gasteiger partial charge in [0.25, 0.3) is 0 Å². The highest BCUT2D eigenvalue weighted by molar-refractivity contribution is 9.10. The number of carbonyl (C=O) groups is 2. The Morgan fingerprint density at radius 1 is 1.36 bits per heavy atom. The van der Waals surface area contributed by atoms with Gasteiger partial charge in [-0.05, 0) is 48.0 Å². The van der Waals surface area contributed by atoms with Crippen LogP contribution in [0.4, 0.5) is 4.79 Å². The normalized spacial score (nSPS) is 21.3. The number of hydrogen-bond acceptors (Lipinski definition) is 3. The maximum atomic E-state index is 11.8. The minimum atomic E-state index is -0.729. The van der Waals surface area contributed by atoms with Gasteiger partial charge in [-0.25, -0.2) is 4.79 Å². The number of carbonyl (C=O) groups excluding carboxylic acids is 1. The predicted molar refractivity (Wildman–Crippen MR) is 84.5 cm³/mol. The number of hydrogen-bond donors (Lipinski definition) is 3. The van der Waals surface area contributed by atoms with E-state index >= 15 is 0 Å². The van der Waals surface area contributed by atoms with E-state index in [0.717, 1.165) is 30.3 Å². The smallest absolute Gasteiger partial charge is 0.315 e. The second-order valence-electron chi connectivity index (χ2n) is 5.56. The lowest BCUT2D eigenvalue weighted by atomic mass is 9.86. The molecule has 3 N–H and O–H groups in total. The molecule has 0 unspecified atom stereocenters. The third kappa shape index (κ3) is 5.32. The molecule has 1 aromatic rings. The Morgan fingerprint density at radius 3 is 2.68 bits per heavy atom. The average Bonchev–Trinajstić information content (AvgIpc) is 2.90. The Kier molecular flexibility index (Phi) is 6.23. The van der Waals surface area contributed by atoms with E-state index in [2.05, 4.69) is 31.7 Å². The molecule has 7 nitrogen and oxygen atoms in total. The second-order valence-corrected chi connectivity index (χ2v) is 6.48. The lowest BCUT2D eigenvalue weighted by Gasteiger charge is -2.26. The van der Waals surface area contributed by atoms with Crippen LogP contribution >= 0.6 is 15.9 Å². The van der Waals surface area contributed by atoms with Gasteiger partial charge in [-0.2, -0.15) is 5.10 Å². The summed E-state index contributed by atoms with van der Waals surface area (Å²) in [6.07, 6.45) is 7.14. The molecule has 0 aliphatic heterocycles. The van der Waals surface area contributed by atoms with Crippen LogP contribution in [0.1, 0.15) is 32.1 Å². The van der Waals surface area contributed by atoms with Crippen LogP contribution in [0.25, 0.3) is 0 Å². The summed E-state index contributed by atoms with van der Waals surface area (Å²) in [6, 6.07) is -0.0990. The fraction of sp³-hybridized carbons (Fsp3) is 0.643. The number of rotatable bonds is 6. The van der Waals surface area contributed by atoms with Crippen molar-refractivity contribution in [2.45, 2.75) is 44.7 Å². The maximum Gasteiger partial charge on any atom is 0.315 e. The third-order valence-electron chi connectivity index (χ3n) is 3.86. The number of nitrogens with zero attached hydrogens (tertiary/aromatic N) is 2. The molecular weight excluding hydrogens is 352 g/mol. The van der Waals surface area contributed by atoms with Crippen LogP contribution in [0.5, 0.6) is 0 Å². The van der Waals surface area contributed by atoms with Crippen molar-refractivity contribution < 1.29 is 14.7 Å². The summed E-state index contributed by atoms with van der Waals surface area (Å²) in [4.78, 5) is 22.6. The van der Waals surface area contributed by atoms with Gasteiger partial charge in [0.1, 0.15) is 0 Å². The molecule has 1 saturated carbocycles. The molecule has 0 radical (unpaired) electrons. The molecule has 8 heteroatoms. The molecule has 0 atom stereocenters. The molecule has 1 heterocycles. The van der Waals surface area contributed by atoms with Gasteiger partial charge in [0.05, 0.1) is 16.6 Å². The summed E-state index contributed by atoms with van der Waals surface area (Å²) in [5.74, 6) is -0.984. The average molecular weight is 373 g/mol. The van der Waals surface area contributed by atoms with E-state index in [0.29, 0.717) is 19.4 Å². The predicted octanol–water partition coefficient (Wildman–Crippen LogP) is 1.98. The molecule has 1 aliphatic rings. The SMILES string of the molecule is O=C(NCCCn1cc(Br)cn1)NC1CCC(C(=O)O)CC1. The van der Waals surface area contributed by atoms with Crippen molar-refractivity contribution in [3.05, 3.63) is 16.9 Å². The number of urea groups is 1. The first kappa shape index (κ1) is 16.8. The van der Waals surface area contributed by atoms with Gasteiger partial charge in [0.2, 0.25) is 0 Å². The van der Waals surface area contributed by atoms with Gasteiger partial charge in [-0.1, -0.05) is 0 Å². The third-order valence-corrected chi connectivity index (χ3v) is 4.27. The van der Waals surface area contributed by atoms with Crippen LogP contribution in [-0.4, -0.2) is 39.5 Å². The lowest BCUT2D eigenvalue weighted by Crippen LogP contribution is -2.44. The Hall–Kier alpha value is -1.57. The van der Waals surface area contributed by atoms with E-state index in [9.17, 15) is 9.59 Å². The monoisotopic (exact) mass is 372 g/mol. The first-order chi connectivity index (χ1) is 10.5. The topological polar surface area (TPSA) is 96.3 Å². The first-order valence-electron chi connectivity index (χ1n) is 7.49. The molecule has 2 amide bonds. The zero-order chi connectivity index (χ0) is 15.9. The Labute approximate surface area is 137 Å². The van der Waals surface area contributed by atoms with Crippen LogP contribution < -0.4 is 10.6 Å². The van der Waals surface area contributed by atoms with Gasteiger partial charge in [0, 0.05) is 25.3 Å². The minimum absolute atomic E-state index is 0.0812. The Balaban J connectivity index is 1.57. The van der Waals surface area contributed by atoms with Crippen molar-refractivity contribution in [2.24, 2.45) is 5.92 Å². The summed E-state index contributed by atoms with van der Waals surface area (Å²) in [5.41, 5.74) is 0. The molecule has 1 fully saturated rings. The van der Waals surface area contributed by atoms with Gasteiger partial charge in [-0.3, -0.25) is 9.48 Å². The van der Waals surface area contributed by atoms with Crippen LogP contribution in [-0.2, 0) is 11.3 Å². The van der Waals surface area contributed by atoms with Crippen LogP contribution in [0.15, 0.2) is 16.9 Å². The lowest BCUT2D eigenvalue weighted by molar-refractivity contribution is -0.142. The van der Waals surface area contributed by atoms with Gasteiger partial charge >= 0.3 is 12.0 Å². The highest BCUT2D eigenvalue weighted by Gasteiger charge is 2.26. The van der Waals surface area contributed by atoms with Crippen molar-refractivity contribution in [1.29, 1.82) is 0 Å². The number of carboxylic acid groups (broad SMARTS) is 1. The van der Waals surface area contributed by atoms with E-state index in [-0.39, 0.29) is 18.0 Å². The molecule has 0 saturated heterocycles. The molecule has 1 aliphatic carbocycles. The van der Waals surface area contributed by atoms with E-state index < -0.39 is 5.97 Å². The summed E-state index contributed by atoms with van der Waals surface area (Å²) < 4.78 is 2.76. The number of aryl methyl sites for hydroxylation is 1. The quantitative estimate of drug-likeness (QED) is 0.665. The Morgan fingerprint density at radius 2 is 2.09 bits per heavy atom. The number of halogens is 1. The minimum Gasteiger partial charge on any atom is -0.481 e. The highest BCUT2D eigenvalue weighted by atomic mass is 79.9. The van der Waals surface area contributed by atoms with E-state index in [1.807, 2.05) is 10.9 Å². The van der Waals surface area contributed by atoms with Crippen molar-refractivity contribution in [3.8, 4) is 0 Å². The zero-order valence-electron chi connectivity index (χ0n) is 12.3. The molecular formula is C14H21BrN4O3. The second kappa shape index (κ2) is 8.17.